The summed E-state index contributed by atoms with van der Waals surface area (Å²) in [6.45, 7) is 5.25. The average molecular weight is 451 g/mol. The summed E-state index contributed by atoms with van der Waals surface area (Å²) in [4.78, 5) is 19.3. The van der Waals surface area contributed by atoms with Crippen LogP contribution in [0.2, 0.25) is 0 Å². The van der Waals surface area contributed by atoms with Gasteiger partial charge in [-0.3, -0.25) is 9.69 Å². The van der Waals surface area contributed by atoms with Crippen LogP contribution in [0.3, 0.4) is 0 Å². The lowest BCUT2D eigenvalue weighted by molar-refractivity contribution is 0.0915. The number of thiophene rings is 1. The molecule has 0 unspecified atom stereocenters. The molecule has 1 aliphatic heterocycles. The molecule has 32 heavy (non-hydrogen) atoms. The largest absolute Gasteiger partial charge is 0.376 e. The second-order valence-electron chi connectivity index (χ2n) is 8.35. The third kappa shape index (κ3) is 4.79. The minimum atomic E-state index is -0.0572. The van der Waals surface area contributed by atoms with E-state index in [-0.39, 0.29) is 11.7 Å². The Hall–Kier alpha value is -2.88. The zero-order chi connectivity index (χ0) is 21.9. The van der Waals surface area contributed by atoms with Gasteiger partial charge in [-0.2, -0.15) is 0 Å². The van der Waals surface area contributed by atoms with Gasteiger partial charge in [-0.15, -0.1) is 16.4 Å². The molecule has 0 amide bonds. The van der Waals surface area contributed by atoms with E-state index in [1.54, 1.807) is 11.3 Å². The van der Waals surface area contributed by atoms with Crippen molar-refractivity contribution in [2.75, 3.05) is 6.61 Å². The summed E-state index contributed by atoms with van der Waals surface area (Å²) in [5, 5.41) is 15.5. The smallest absolute Gasteiger partial charge is 0.252 e. The zero-order valence-corrected chi connectivity index (χ0v) is 18.8. The van der Waals surface area contributed by atoms with E-state index in [2.05, 4.69) is 49.0 Å². The molecule has 1 atom stereocenters. The molecule has 0 saturated carbocycles. The molecule has 1 fully saturated rings. The molecule has 3 aromatic heterocycles. The highest BCUT2D eigenvalue weighted by atomic mass is 32.1. The molecule has 0 spiro atoms. The Morgan fingerprint density at radius 3 is 3.00 bits per heavy atom. The van der Waals surface area contributed by atoms with Gasteiger partial charge in [0.15, 0.2) is 5.82 Å². The lowest BCUT2D eigenvalue weighted by atomic mass is 10.1. The van der Waals surface area contributed by atoms with Crippen LogP contribution in [-0.4, -0.2) is 42.8 Å². The first-order valence-corrected chi connectivity index (χ1v) is 11.8. The number of pyridine rings is 1. The van der Waals surface area contributed by atoms with E-state index in [1.807, 2.05) is 29.8 Å². The Balaban J connectivity index is 1.40. The molecule has 0 aliphatic carbocycles. The van der Waals surface area contributed by atoms with Crippen molar-refractivity contribution in [3.8, 4) is 0 Å². The average Bonchev–Trinajstić information content (AvgIpc) is 3.54. The number of nitrogens with one attached hydrogen (secondary N) is 1. The topological polar surface area (TPSA) is 88.9 Å². The summed E-state index contributed by atoms with van der Waals surface area (Å²) in [6.07, 6.45) is 2.27. The van der Waals surface area contributed by atoms with E-state index in [1.165, 1.54) is 4.88 Å². The molecule has 9 heteroatoms. The SMILES string of the molecule is Cc1ccc2cc(CN(Cc3cccs3)Cc3nnnn3C[C@@H]3CCCO3)c(=O)[nH]c2c1. The fourth-order valence-electron chi connectivity index (χ4n) is 4.17. The highest BCUT2D eigenvalue weighted by Crippen LogP contribution is 2.19. The van der Waals surface area contributed by atoms with E-state index in [0.29, 0.717) is 19.6 Å². The van der Waals surface area contributed by atoms with Crippen molar-refractivity contribution < 1.29 is 4.74 Å². The first-order chi connectivity index (χ1) is 15.6. The van der Waals surface area contributed by atoms with Crippen LogP contribution in [0, 0.1) is 6.92 Å². The Bertz CT molecular complexity index is 1240. The van der Waals surface area contributed by atoms with Crippen LogP contribution in [0.15, 0.2) is 46.6 Å². The summed E-state index contributed by atoms with van der Waals surface area (Å²) < 4.78 is 7.60. The zero-order valence-electron chi connectivity index (χ0n) is 18.0. The molecule has 5 rings (SSSR count). The number of rotatable bonds is 8. The van der Waals surface area contributed by atoms with Crippen molar-refractivity contribution in [2.45, 2.75) is 52.0 Å². The molecule has 1 aromatic carbocycles. The fraction of sp³-hybridized carbons (Fsp3) is 0.391. The van der Waals surface area contributed by atoms with Gasteiger partial charge in [0, 0.05) is 35.7 Å². The maximum Gasteiger partial charge on any atom is 0.252 e. The van der Waals surface area contributed by atoms with Gasteiger partial charge in [-0.25, -0.2) is 4.68 Å². The van der Waals surface area contributed by atoms with E-state index < -0.39 is 0 Å². The molecule has 166 valence electrons. The Morgan fingerprint density at radius 2 is 2.19 bits per heavy atom. The number of ether oxygens (including phenoxy) is 1. The first kappa shape index (κ1) is 21.0. The molecule has 1 N–H and O–H groups in total. The third-order valence-electron chi connectivity index (χ3n) is 5.80. The number of hydrogen-bond donors (Lipinski definition) is 1. The van der Waals surface area contributed by atoms with Crippen molar-refractivity contribution in [3.05, 3.63) is 74.0 Å². The monoisotopic (exact) mass is 450 g/mol. The molecule has 4 aromatic rings. The number of aryl methyl sites for hydroxylation is 1. The van der Waals surface area contributed by atoms with E-state index in [9.17, 15) is 4.79 Å². The van der Waals surface area contributed by atoms with E-state index in [4.69, 9.17) is 4.74 Å². The molecule has 1 saturated heterocycles. The maximum absolute atomic E-state index is 12.8. The van der Waals surface area contributed by atoms with Crippen LogP contribution in [0.1, 0.15) is 34.7 Å². The maximum atomic E-state index is 12.8. The number of H-pyrrole nitrogens is 1. The number of hydrogen-bond acceptors (Lipinski definition) is 7. The van der Waals surface area contributed by atoms with Crippen molar-refractivity contribution in [1.82, 2.24) is 30.1 Å². The van der Waals surface area contributed by atoms with Gasteiger partial charge >= 0.3 is 0 Å². The molecule has 0 bridgehead atoms. The highest BCUT2D eigenvalue weighted by Gasteiger charge is 2.21. The second-order valence-corrected chi connectivity index (χ2v) is 9.38. The van der Waals surface area contributed by atoms with E-state index in [0.717, 1.165) is 53.8 Å². The first-order valence-electron chi connectivity index (χ1n) is 10.9. The Morgan fingerprint density at radius 1 is 1.25 bits per heavy atom. The molecular formula is C23H26N6O2S. The number of tetrazole rings is 1. The number of aromatic nitrogens is 5. The minimum absolute atomic E-state index is 0.0572. The van der Waals surface area contributed by atoms with Crippen LogP contribution in [0.5, 0.6) is 0 Å². The number of aromatic amines is 1. The van der Waals surface area contributed by atoms with Crippen molar-refractivity contribution in [2.24, 2.45) is 0 Å². The van der Waals surface area contributed by atoms with Crippen molar-refractivity contribution in [1.29, 1.82) is 0 Å². The fourth-order valence-corrected chi connectivity index (χ4v) is 4.91. The lowest BCUT2D eigenvalue weighted by Gasteiger charge is -2.21. The third-order valence-corrected chi connectivity index (χ3v) is 6.66. The number of nitrogens with zero attached hydrogens (tertiary/aromatic N) is 5. The predicted octanol–water partition coefficient (Wildman–Crippen LogP) is 3.27. The standard InChI is InChI=1S/C23H26N6O2S/c1-16-6-7-17-11-18(23(30)24-21(17)10-16)12-28(14-20-5-3-9-32-20)15-22-25-26-27-29(22)13-19-4-2-8-31-19/h3,5-7,9-11,19H,2,4,8,12-15H2,1H3,(H,24,30)/t19-/m0/s1. The van der Waals surface area contributed by atoms with Gasteiger partial charge < -0.3 is 9.72 Å². The molecule has 4 heterocycles. The molecule has 1 aliphatic rings. The van der Waals surface area contributed by atoms with Crippen molar-refractivity contribution >= 4 is 22.2 Å². The normalized spacial score (nSPS) is 16.4. The van der Waals surface area contributed by atoms with Gasteiger partial charge in [-0.05, 0) is 64.7 Å². The van der Waals surface area contributed by atoms with Crippen LogP contribution in [-0.2, 0) is 30.9 Å². The summed E-state index contributed by atoms with van der Waals surface area (Å²) in [7, 11) is 0. The molecule has 0 radical (unpaired) electrons. The Kier molecular flexibility index (Phi) is 6.11. The predicted molar refractivity (Wildman–Crippen MR) is 123 cm³/mol. The summed E-state index contributed by atoms with van der Waals surface area (Å²) in [6, 6.07) is 12.3. The van der Waals surface area contributed by atoms with Gasteiger partial charge in [0.1, 0.15) is 0 Å². The number of fused-ring (bicyclic) bond motifs is 1. The van der Waals surface area contributed by atoms with Crippen LogP contribution in [0.4, 0.5) is 0 Å². The number of benzene rings is 1. The minimum Gasteiger partial charge on any atom is -0.376 e. The molecular weight excluding hydrogens is 424 g/mol. The van der Waals surface area contributed by atoms with E-state index >= 15 is 0 Å². The second kappa shape index (κ2) is 9.32. The summed E-state index contributed by atoms with van der Waals surface area (Å²) in [5.41, 5.74) is 2.66. The van der Waals surface area contributed by atoms with Crippen LogP contribution < -0.4 is 5.56 Å². The summed E-state index contributed by atoms with van der Waals surface area (Å²) >= 11 is 1.71. The van der Waals surface area contributed by atoms with Gasteiger partial charge in [0.05, 0.1) is 19.2 Å². The summed E-state index contributed by atoms with van der Waals surface area (Å²) in [5.74, 6) is 0.782. The lowest BCUT2D eigenvalue weighted by Crippen LogP contribution is -2.28. The quantitative estimate of drug-likeness (QED) is 0.443. The van der Waals surface area contributed by atoms with Crippen LogP contribution >= 0.6 is 11.3 Å². The van der Waals surface area contributed by atoms with Crippen LogP contribution in [0.25, 0.3) is 10.9 Å². The van der Waals surface area contributed by atoms with Gasteiger partial charge in [0.2, 0.25) is 0 Å². The Labute approximate surface area is 189 Å². The van der Waals surface area contributed by atoms with Gasteiger partial charge in [-0.1, -0.05) is 18.2 Å². The highest BCUT2D eigenvalue weighted by molar-refractivity contribution is 7.09. The molecule has 8 nitrogen and oxygen atoms in total. The van der Waals surface area contributed by atoms with Gasteiger partial charge in [0.25, 0.3) is 5.56 Å². The van der Waals surface area contributed by atoms with Crippen molar-refractivity contribution in [3.63, 3.8) is 0 Å².